The summed E-state index contributed by atoms with van der Waals surface area (Å²) in [5.41, 5.74) is 0. The van der Waals surface area contributed by atoms with Gasteiger partial charge in [-0.2, -0.15) is 0 Å². The van der Waals surface area contributed by atoms with Crippen LogP contribution in [0.3, 0.4) is 0 Å². The summed E-state index contributed by atoms with van der Waals surface area (Å²) in [7, 11) is 0. The first-order valence-electron chi connectivity index (χ1n) is 6.64. The molecule has 3 rings (SSSR count). The van der Waals surface area contributed by atoms with Gasteiger partial charge in [0, 0.05) is 11.8 Å². The number of rotatable bonds is 2. The Hall–Kier alpha value is -1.00. The third-order valence-electron chi connectivity index (χ3n) is 3.97. The van der Waals surface area contributed by atoms with E-state index in [1.165, 1.54) is 0 Å². The monoisotopic (exact) mass is 252 g/mol. The Morgan fingerprint density at radius 1 is 0.722 bits per heavy atom. The van der Waals surface area contributed by atoms with E-state index in [1.807, 2.05) is 0 Å². The Balaban J connectivity index is 1.49. The Labute approximate surface area is 108 Å². The minimum absolute atomic E-state index is 0.0844. The topological polar surface area (TPSA) is 36.9 Å². The number of ether oxygens (including phenoxy) is 4. The summed E-state index contributed by atoms with van der Waals surface area (Å²) < 4.78 is 22.3. The predicted molar refractivity (Wildman–Crippen MR) is 65.4 cm³/mol. The first-order valence-corrected chi connectivity index (χ1v) is 6.64. The normalized spacial score (nSPS) is 40.7. The molecule has 0 aromatic rings. The molecule has 0 bridgehead atoms. The van der Waals surface area contributed by atoms with Gasteiger partial charge < -0.3 is 18.9 Å². The van der Waals surface area contributed by atoms with Crippen LogP contribution in [-0.2, 0) is 18.9 Å². The molecule has 3 fully saturated rings. The summed E-state index contributed by atoms with van der Waals surface area (Å²) in [6.07, 6.45) is 4.21. The summed E-state index contributed by atoms with van der Waals surface area (Å²) in [5, 5.41) is 0. The second kappa shape index (κ2) is 4.94. The zero-order valence-corrected chi connectivity index (χ0v) is 10.6. The summed E-state index contributed by atoms with van der Waals surface area (Å²) >= 11 is 0. The van der Waals surface area contributed by atoms with Gasteiger partial charge in [0.25, 0.3) is 0 Å². The summed E-state index contributed by atoms with van der Waals surface area (Å²) in [6.45, 7) is 8.66. The lowest BCUT2D eigenvalue weighted by Gasteiger charge is -2.32. The summed E-state index contributed by atoms with van der Waals surface area (Å²) in [6, 6.07) is 0. The van der Waals surface area contributed by atoms with E-state index in [-0.39, 0.29) is 12.6 Å². The molecule has 4 heteroatoms. The van der Waals surface area contributed by atoms with Crippen LogP contribution in [0.4, 0.5) is 0 Å². The molecule has 2 saturated heterocycles. The maximum atomic E-state index is 5.59. The fourth-order valence-electron chi connectivity index (χ4n) is 2.97. The highest BCUT2D eigenvalue weighted by Gasteiger charge is 2.37. The molecule has 0 aromatic heterocycles. The average molecular weight is 252 g/mol. The molecule has 0 spiro atoms. The lowest BCUT2D eigenvalue weighted by atomic mass is 9.81. The quantitative estimate of drug-likeness (QED) is 0.757. The molecule has 2 aliphatic heterocycles. The van der Waals surface area contributed by atoms with Crippen LogP contribution in [0.25, 0.3) is 0 Å². The van der Waals surface area contributed by atoms with Gasteiger partial charge in [0.1, 0.15) is 24.7 Å². The molecular formula is C14H20O4. The van der Waals surface area contributed by atoms with Crippen LogP contribution in [0.5, 0.6) is 0 Å². The van der Waals surface area contributed by atoms with Crippen LogP contribution in [0, 0.1) is 11.8 Å². The summed E-state index contributed by atoms with van der Waals surface area (Å²) in [5.74, 6) is 2.46. The zero-order chi connectivity index (χ0) is 12.5. The van der Waals surface area contributed by atoms with Gasteiger partial charge in [-0.1, -0.05) is 13.2 Å². The van der Waals surface area contributed by atoms with E-state index >= 15 is 0 Å². The molecule has 2 atom stereocenters. The molecule has 100 valence electrons. The largest absolute Gasteiger partial charge is 0.467 e. The maximum absolute atomic E-state index is 5.59. The molecule has 3 aliphatic rings. The highest BCUT2D eigenvalue weighted by molar-refractivity contribution is 4.92. The van der Waals surface area contributed by atoms with Crippen LogP contribution in [0.2, 0.25) is 0 Å². The van der Waals surface area contributed by atoms with Gasteiger partial charge in [-0.25, -0.2) is 0 Å². The molecular weight excluding hydrogens is 232 g/mol. The van der Waals surface area contributed by atoms with E-state index in [0.29, 0.717) is 25.0 Å². The van der Waals surface area contributed by atoms with Crippen LogP contribution >= 0.6 is 0 Å². The zero-order valence-electron chi connectivity index (χ0n) is 10.6. The van der Waals surface area contributed by atoms with E-state index in [1.54, 1.807) is 0 Å². The third-order valence-corrected chi connectivity index (χ3v) is 3.97. The van der Waals surface area contributed by atoms with Gasteiger partial charge in [0.15, 0.2) is 0 Å². The highest BCUT2D eigenvalue weighted by atomic mass is 16.7. The standard InChI is InChI=1S/C14H20O4/c1-9-7-15-13(17-9)11-3-5-12(6-4-11)14-16-8-10(2)18-14/h11-14H,1-8H2. The second-order valence-corrected chi connectivity index (χ2v) is 5.35. The Kier molecular flexibility index (Phi) is 3.31. The van der Waals surface area contributed by atoms with Crippen molar-refractivity contribution >= 4 is 0 Å². The fraction of sp³-hybridized carbons (Fsp3) is 0.714. The number of hydrogen-bond acceptors (Lipinski definition) is 4. The van der Waals surface area contributed by atoms with Crippen LogP contribution in [0.15, 0.2) is 24.7 Å². The highest BCUT2D eigenvalue weighted by Crippen LogP contribution is 2.38. The number of hydrogen-bond donors (Lipinski definition) is 0. The van der Waals surface area contributed by atoms with Crippen molar-refractivity contribution in [2.75, 3.05) is 13.2 Å². The first-order chi connectivity index (χ1) is 8.72. The smallest absolute Gasteiger partial charge is 0.202 e. The van der Waals surface area contributed by atoms with Gasteiger partial charge in [-0.15, -0.1) is 0 Å². The van der Waals surface area contributed by atoms with Gasteiger partial charge >= 0.3 is 0 Å². The van der Waals surface area contributed by atoms with E-state index in [0.717, 1.165) is 37.2 Å². The Bertz CT molecular complexity index is 310. The SMILES string of the molecule is C=C1COC(C2CCC(C3OCC(=C)O3)CC2)O1. The lowest BCUT2D eigenvalue weighted by Crippen LogP contribution is -2.31. The molecule has 0 aromatic carbocycles. The van der Waals surface area contributed by atoms with E-state index in [9.17, 15) is 0 Å². The van der Waals surface area contributed by atoms with Gasteiger partial charge in [0.2, 0.25) is 12.6 Å². The van der Waals surface area contributed by atoms with Crippen molar-refractivity contribution in [1.82, 2.24) is 0 Å². The minimum atomic E-state index is -0.0844. The van der Waals surface area contributed by atoms with Crippen LogP contribution in [-0.4, -0.2) is 25.8 Å². The molecule has 2 unspecified atom stereocenters. The fourth-order valence-corrected chi connectivity index (χ4v) is 2.97. The summed E-state index contributed by atoms with van der Waals surface area (Å²) in [4.78, 5) is 0. The molecule has 0 radical (unpaired) electrons. The molecule has 1 aliphatic carbocycles. The predicted octanol–water partition coefficient (Wildman–Crippen LogP) is 2.57. The molecule has 18 heavy (non-hydrogen) atoms. The van der Waals surface area contributed by atoms with E-state index in [2.05, 4.69) is 13.2 Å². The van der Waals surface area contributed by atoms with Crippen molar-refractivity contribution in [3.05, 3.63) is 24.7 Å². The van der Waals surface area contributed by atoms with E-state index in [4.69, 9.17) is 18.9 Å². The third kappa shape index (κ3) is 2.40. The van der Waals surface area contributed by atoms with Gasteiger partial charge in [0.05, 0.1) is 0 Å². The average Bonchev–Trinajstić information content (AvgIpc) is 2.98. The Morgan fingerprint density at radius 3 is 1.39 bits per heavy atom. The van der Waals surface area contributed by atoms with E-state index < -0.39 is 0 Å². The molecule has 1 saturated carbocycles. The second-order valence-electron chi connectivity index (χ2n) is 5.35. The first kappa shape index (κ1) is 12.1. The van der Waals surface area contributed by atoms with Gasteiger partial charge in [-0.3, -0.25) is 0 Å². The molecule has 0 amide bonds. The van der Waals surface area contributed by atoms with Crippen molar-refractivity contribution in [3.63, 3.8) is 0 Å². The van der Waals surface area contributed by atoms with Crippen molar-refractivity contribution in [2.45, 2.75) is 38.3 Å². The van der Waals surface area contributed by atoms with Crippen molar-refractivity contribution in [3.8, 4) is 0 Å². The molecule has 2 heterocycles. The molecule has 4 nitrogen and oxygen atoms in total. The maximum Gasteiger partial charge on any atom is 0.202 e. The van der Waals surface area contributed by atoms with Crippen molar-refractivity contribution in [1.29, 1.82) is 0 Å². The van der Waals surface area contributed by atoms with Gasteiger partial charge in [-0.05, 0) is 25.7 Å². The lowest BCUT2D eigenvalue weighted by molar-refractivity contribution is -0.116. The minimum Gasteiger partial charge on any atom is -0.467 e. The van der Waals surface area contributed by atoms with Crippen LogP contribution < -0.4 is 0 Å². The van der Waals surface area contributed by atoms with Crippen molar-refractivity contribution < 1.29 is 18.9 Å². The van der Waals surface area contributed by atoms with Crippen molar-refractivity contribution in [2.24, 2.45) is 11.8 Å². The molecule has 0 N–H and O–H groups in total. The van der Waals surface area contributed by atoms with Crippen LogP contribution in [0.1, 0.15) is 25.7 Å². The Morgan fingerprint density at radius 2 is 1.11 bits per heavy atom.